The Kier molecular flexibility index (Phi) is 5.10. The van der Waals surface area contributed by atoms with E-state index in [1.165, 1.54) is 0 Å². The van der Waals surface area contributed by atoms with Crippen LogP contribution in [0.1, 0.15) is 6.92 Å². The molecule has 2 heterocycles. The van der Waals surface area contributed by atoms with Gasteiger partial charge in [0.25, 0.3) is 0 Å². The molecule has 0 bridgehead atoms. The Morgan fingerprint density at radius 2 is 2.18 bits per heavy atom. The Morgan fingerprint density at radius 3 is 2.76 bits per heavy atom. The molecule has 0 saturated carbocycles. The summed E-state index contributed by atoms with van der Waals surface area (Å²) in [7, 11) is 0.524. The van der Waals surface area contributed by atoms with Gasteiger partial charge in [0.1, 0.15) is 0 Å². The summed E-state index contributed by atoms with van der Waals surface area (Å²) in [4.78, 5) is 0. The topological polar surface area (TPSA) is 43.4 Å². The van der Waals surface area contributed by atoms with E-state index in [0.717, 1.165) is 32.8 Å². The van der Waals surface area contributed by atoms with E-state index in [-0.39, 0.29) is 0 Å². The normalized spacial score (nSPS) is 32.1. The van der Waals surface area contributed by atoms with Gasteiger partial charge in [0, 0.05) is 0 Å². The molecule has 2 saturated heterocycles. The van der Waals surface area contributed by atoms with Crippen molar-refractivity contribution in [3.63, 3.8) is 0 Å². The van der Waals surface area contributed by atoms with Crippen LogP contribution in [0, 0.1) is 0 Å². The molecule has 0 aromatic carbocycles. The van der Waals surface area contributed by atoms with E-state index in [1.54, 1.807) is 7.11 Å². The first-order valence-corrected chi connectivity index (χ1v) is 9.03. The summed E-state index contributed by atoms with van der Waals surface area (Å²) >= 11 is 0. The molecule has 0 aromatic heterocycles. The maximum atomic E-state index is 5.86. The molecular formula is C9H22N2O4P2. The predicted molar refractivity (Wildman–Crippen MR) is 70.0 cm³/mol. The molecule has 2 aliphatic heterocycles. The molecule has 2 rings (SSSR count). The number of nitrogens with zero attached hydrogens (tertiary/aromatic N) is 2. The van der Waals surface area contributed by atoms with Gasteiger partial charge in [0.15, 0.2) is 0 Å². The van der Waals surface area contributed by atoms with Gasteiger partial charge in [-0.05, 0) is 0 Å². The summed E-state index contributed by atoms with van der Waals surface area (Å²) in [5, 5.41) is 0. The van der Waals surface area contributed by atoms with Crippen LogP contribution in [-0.4, -0.2) is 62.7 Å². The van der Waals surface area contributed by atoms with E-state index in [4.69, 9.17) is 18.1 Å². The first-order valence-electron chi connectivity index (χ1n) is 5.93. The molecule has 0 amide bonds. The Balaban J connectivity index is 1.90. The molecule has 0 aromatic rings. The van der Waals surface area contributed by atoms with Crippen molar-refractivity contribution in [1.29, 1.82) is 0 Å². The van der Waals surface area contributed by atoms with Crippen LogP contribution in [0.3, 0.4) is 0 Å². The van der Waals surface area contributed by atoms with Crippen LogP contribution in [0.4, 0.5) is 0 Å². The van der Waals surface area contributed by atoms with Crippen LogP contribution in [0.5, 0.6) is 0 Å². The van der Waals surface area contributed by atoms with E-state index in [9.17, 15) is 0 Å². The third-order valence-electron chi connectivity index (χ3n) is 3.12. The standard InChI is InChI=1S/C9H22N2O4P2/c1-4-11-6-8-15-17(11,12-3)9-14-16-10(2)5-7-13-16/h17H,4-9H2,1-3H3. The zero-order chi connectivity index (χ0) is 12.3. The molecule has 0 aliphatic carbocycles. The second kappa shape index (κ2) is 6.18. The summed E-state index contributed by atoms with van der Waals surface area (Å²) in [6, 6.07) is 0. The van der Waals surface area contributed by atoms with E-state index in [2.05, 4.69) is 16.3 Å². The molecule has 1 unspecified atom stereocenters. The second-order valence-corrected chi connectivity index (χ2v) is 8.79. The number of rotatable bonds is 5. The Hall–Kier alpha value is 0.620. The van der Waals surface area contributed by atoms with Crippen LogP contribution in [0.15, 0.2) is 0 Å². The third kappa shape index (κ3) is 2.96. The Labute approximate surface area is 105 Å². The number of hydrogen-bond donors (Lipinski definition) is 0. The van der Waals surface area contributed by atoms with Crippen molar-refractivity contribution >= 4 is 16.4 Å². The fourth-order valence-corrected chi connectivity index (χ4v) is 6.37. The van der Waals surface area contributed by atoms with Crippen molar-refractivity contribution in [3.05, 3.63) is 0 Å². The van der Waals surface area contributed by atoms with Gasteiger partial charge in [-0.25, -0.2) is 0 Å². The molecule has 0 radical (unpaired) electrons. The van der Waals surface area contributed by atoms with Gasteiger partial charge in [-0.1, -0.05) is 0 Å². The summed E-state index contributed by atoms with van der Waals surface area (Å²) in [5.74, 6) is 0. The first-order chi connectivity index (χ1) is 8.22. The molecule has 1 atom stereocenters. The molecule has 102 valence electrons. The monoisotopic (exact) mass is 284 g/mol. The summed E-state index contributed by atoms with van der Waals surface area (Å²) in [6.07, 6.45) is 0.521. The van der Waals surface area contributed by atoms with Gasteiger partial charge in [-0.15, -0.1) is 0 Å². The summed E-state index contributed by atoms with van der Waals surface area (Å²) in [6.45, 7) is 6.44. The molecule has 8 heteroatoms. The maximum absolute atomic E-state index is 5.86. The van der Waals surface area contributed by atoms with Crippen molar-refractivity contribution in [1.82, 2.24) is 9.34 Å². The molecule has 2 aliphatic rings. The minimum atomic E-state index is -2.31. The number of likely N-dealkylation sites (N-methyl/N-ethyl adjacent to an activating group) is 2. The zero-order valence-corrected chi connectivity index (χ0v) is 12.6. The first kappa shape index (κ1) is 14.0. The fourth-order valence-electron chi connectivity index (χ4n) is 2.06. The molecule has 17 heavy (non-hydrogen) atoms. The van der Waals surface area contributed by atoms with E-state index in [1.807, 2.05) is 7.05 Å². The van der Waals surface area contributed by atoms with E-state index in [0.29, 0.717) is 6.35 Å². The fraction of sp³-hybridized carbons (Fsp3) is 1.00. The third-order valence-corrected chi connectivity index (χ3v) is 8.18. The van der Waals surface area contributed by atoms with Crippen LogP contribution >= 0.6 is 16.4 Å². The van der Waals surface area contributed by atoms with Crippen LogP contribution < -0.4 is 0 Å². The van der Waals surface area contributed by atoms with Crippen molar-refractivity contribution in [3.8, 4) is 0 Å². The Bertz CT molecular complexity index is 261. The van der Waals surface area contributed by atoms with Gasteiger partial charge >= 0.3 is 104 Å². The van der Waals surface area contributed by atoms with Gasteiger partial charge in [-0.2, -0.15) is 0 Å². The van der Waals surface area contributed by atoms with E-state index >= 15 is 0 Å². The molecule has 6 nitrogen and oxygen atoms in total. The average Bonchev–Trinajstić information content (AvgIpc) is 2.93. The van der Waals surface area contributed by atoms with Gasteiger partial charge in [0.05, 0.1) is 0 Å². The SMILES string of the molecule is CCN1CCO[PH]1(COP1OCCN1C)OC. The van der Waals surface area contributed by atoms with Crippen molar-refractivity contribution in [2.75, 3.05) is 53.4 Å². The summed E-state index contributed by atoms with van der Waals surface area (Å²) in [5.41, 5.74) is 0. The Morgan fingerprint density at radius 1 is 1.35 bits per heavy atom. The predicted octanol–water partition coefficient (Wildman–Crippen LogP) is 1.64. The number of hydrogen-bond acceptors (Lipinski definition) is 6. The van der Waals surface area contributed by atoms with Crippen LogP contribution in [-0.2, 0) is 18.1 Å². The summed E-state index contributed by atoms with van der Waals surface area (Å²) < 4.78 is 27.3. The van der Waals surface area contributed by atoms with Gasteiger partial charge < -0.3 is 0 Å². The van der Waals surface area contributed by atoms with Crippen molar-refractivity contribution in [2.24, 2.45) is 0 Å². The van der Waals surface area contributed by atoms with Crippen LogP contribution in [0.2, 0.25) is 0 Å². The molecule has 0 N–H and O–H groups in total. The van der Waals surface area contributed by atoms with E-state index < -0.39 is 16.4 Å². The molecule has 2 fully saturated rings. The molecule has 0 spiro atoms. The zero-order valence-electron chi connectivity index (χ0n) is 10.7. The minimum absolute atomic E-state index is 0.521. The molecular weight excluding hydrogens is 262 g/mol. The van der Waals surface area contributed by atoms with Crippen LogP contribution in [0.25, 0.3) is 0 Å². The quantitative estimate of drug-likeness (QED) is 0.715. The second-order valence-electron chi connectivity index (χ2n) is 4.07. The van der Waals surface area contributed by atoms with Gasteiger partial charge in [0.2, 0.25) is 0 Å². The van der Waals surface area contributed by atoms with Crippen molar-refractivity contribution < 1.29 is 18.1 Å². The van der Waals surface area contributed by atoms with Gasteiger partial charge in [-0.3, -0.25) is 0 Å². The van der Waals surface area contributed by atoms with Crippen molar-refractivity contribution in [2.45, 2.75) is 6.92 Å². The average molecular weight is 284 g/mol.